The van der Waals surface area contributed by atoms with Crippen LogP contribution in [0.15, 0.2) is 53.4 Å². The summed E-state index contributed by atoms with van der Waals surface area (Å²) in [6.07, 6.45) is 2.79. The van der Waals surface area contributed by atoms with E-state index in [0.29, 0.717) is 12.2 Å². The van der Waals surface area contributed by atoms with Gasteiger partial charge in [-0.2, -0.15) is 4.31 Å². The molecule has 0 spiro atoms. The van der Waals surface area contributed by atoms with Crippen molar-refractivity contribution in [1.29, 1.82) is 0 Å². The van der Waals surface area contributed by atoms with Gasteiger partial charge in [0.05, 0.1) is 5.69 Å². The molecule has 0 radical (unpaired) electrons. The molecule has 1 heterocycles. The third kappa shape index (κ3) is 3.37. The quantitative estimate of drug-likeness (QED) is 0.903. The number of fused-ring (bicyclic) bond motifs is 1. The number of unbranched alkanes of at least 4 members (excludes halogenated alkanes) is 1. The SMILES string of the molecule is CCCCC1CN(c2ccccc2)c2ccc(O)cc2S(=O)(=O)N1C. The molecule has 1 N–H and O–H groups in total. The number of sulfonamides is 1. The van der Waals surface area contributed by atoms with E-state index in [1.807, 2.05) is 35.2 Å². The van der Waals surface area contributed by atoms with E-state index in [4.69, 9.17) is 0 Å². The first-order valence-electron chi connectivity index (χ1n) is 8.58. The number of para-hydroxylation sites is 1. The molecule has 1 aliphatic heterocycles. The van der Waals surface area contributed by atoms with E-state index in [-0.39, 0.29) is 16.7 Å². The van der Waals surface area contributed by atoms with Crippen LogP contribution >= 0.6 is 0 Å². The van der Waals surface area contributed by atoms with Crippen LogP contribution in [0.25, 0.3) is 0 Å². The fraction of sp³-hybridized carbons (Fsp3) is 0.368. The Hall–Kier alpha value is -2.05. The first kappa shape index (κ1) is 17.8. The number of phenols is 1. The predicted octanol–water partition coefficient (Wildman–Crippen LogP) is 3.72. The zero-order valence-corrected chi connectivity index (χ0v) is 15.4. The summed E-state index contributed by atoms with van der Waals surface area (Å²) in [4.78, 5) is 2.19. The number of anilines is 2. The first-order valence-corrected chi connectivity index (χ1v) is 10.0. The minimum absolute atomic E-state index is 0.0456. The third-order valence-corrected chi connectivity index (χ3v) is 6.70. The zero-order chi connectivity index (χ0) is 18.0. The summed E-state index contributed by atoms with van der Waals surface area (Å²) in [5.41, 5.74) is 1.55. The fourth-order valence-electron chi connectivity index (χ4n) is 3.27. The van der Waals surface area contributed by atoms with Crippen LogP contribution < -0.4 is 4.90 Å². The van der Waals surface area contributed by atoms with Crippen LogP contribution in [0.1, 0.15) is 26.2 Å². The maximum absolute atomic E-state index is 13.1. The molecule has 0 fully saturated rings. The lowest BCUT2D eigenvalue weighted by Crippen LogP contribution is -2.40. The minimum Gasteiger partial charge on any atom is -0.508 e. The average molecular weight is 360 g/mol. The monoisotopic (exact) mass is 360 g/mol. The Morgan fingerprint density at radius 3 is 2.56 bits per heavy atom. The molecule has 6 heteroatoms. The van der Waals surface area contributed by atoms with Gasteiger partial charge in [0.2, 0.25) is 10.0 Å². The molecule has 0 aliphatic carbocycles. The van der Waals surface area contributed by atoms with E-state index in [1.54, 1.807) is 13.1 Å². The van der Waals surface area contributed by atoms with Gasteiger partial charge >= 0.3 is 0 Å². The Kier molecular flexibility index (Phi) is 5.01. The smallest absolute Gasteiger partial charge is 0.245 e. The summed E-state index contributed by atoms with van der Waals surface area (Å²) in [5, 5.41) is 9.86. The maximum Gasteiger partial charge on any atom is 0.245 e. The van der Waals surface area contributed by atoms with Crippen molar-refractivity contribution in [3.63, 3.8) is 0 Å². The molecule has 0 aromatic heterocycles. The summed E-state index contributed by atoms with van der Waals surface area (Å²) in [6.45, 7) is 2.68. The fourth-order valence-corrected chi connectivity index (χ4v) is 4.86. The number of rotatable bonds is 4. The number of hydrogen-bond acceptors (Lipinski definition) is 4. The van der Waals surface area contributed by atoms with E-state index in [0.717, 1.165) is 24.9 Å². The van der Waals surface area contributed by atoms with E-state index in [9.17, 15) is 13.5 Å². The lowest BCUT2D eigenvalue weighted by atomic mass is 10.1. The highest BCUT2D eigenvalue weighted by molar-refractivity contribution is 7.89. The van der Waals surface area contributed by atoms with Gasteiger partial charge in [-0.1, -0.05) is 38.0 Å². The second kappa shape index (κ2) is 7.06. The minimum atomic E-state index is -3.67. The van der Waals surface area contributed by atoms with Crippen LogP contribution in [0.2, 0.25) is 0 Å². The van der Waals surface area contributed by atoms with Gasteiger partial charge in [-0.3, -0.25) is 0 Å². The lowest BCUT2D eigenvalue weighted by molar-refractivity contribution is 0.351. The second-order valence-corrected chi connectivity index (χ2v) is 8.38. The summed E-state index contributed by atoms with van der Waals surface area (Å²) >= 11 is 0. The van der Waals surface area contributed by atoms with Crippen LogP contribution in [0.4, 0.5) is 11.4 Å². The molecule has 0 saturated carbocycles. The molecular weight excluding hydrogens is 336 g/mol. The number of benzene rings is 2. The van der Waals surface area contributed by atoms with Crippen molar-refractivity contribution in [3.8, 4) is 5.75 Å². The lowest BCUT2D eigenvalue weighted by Gasteiger charge is -2.29. The maximum atomic E-state index is 13.1. The number of phenolic OH excluding ortho intramolecular Hbond substituents is 1. The highest BCUT2D eigenvalue weighted by Crippen LogP contribution is 2.39. The van der Waals surface area contributed by atoms with Crippen molar-refractivity contribution in [2.75, 3.05) is 18.5 Å². The van der Waals surface area contributed by atoms with Crippen molar-refractivity contribution >= 4 is 21.4 Å². The molecule has 25 heavy (non-hydrogen) atoms. The number of hydrogen-bond donors (Lipinski definition) is 1. The first-order chi connectivity index (χ1) is 11.9. The van der Waals surface area contributed by atoms with E-state index in [2.05, 4.69) is 6.92 Å². The summed E-state index contributed by atoms with van der Waals surface area (Å²) in [6, 6.07) is 14.2. The molecule has 0 bridgehead atoms. The molecular formula is C19H24N2O3S. The molecule has 1 unspecified atom stereocenters. The van der Waals surface area contributed by atoms with Crippen molar-refractivity contribution in [2.24, 2.45) is 0 Å². The topological polar surface area (TPSA) is 60.9 Å². The van der Waals surface area contributed by atoms with Crippen LogP contribution in [-0.4, -0.2) is 37.5 Å². The number of nitrogens with zero attached hydrogens (tertiary/aromatic N) is 2. The molecule has 0 amide bonds. The van der Waals surface area contributed by atoms with Crippen LogP contribution in [0.5, 0.6) is 5.75 Å². The highest BCUT2D eigenvalue weighted by Gasteiger charge is 2.36. The van der Waals surface area contributed by atoms with E-state index >= 15 is 0 Å². The molecule has 1 aliphatic rings. The molecule has 5 nitrogen and oxygen atoms in total. The molecule has 134 valence electrons. The standard InChI is InChI=1S/C19H24N2O3S/c1-3-4-8-16-14-21(15-9-6-5-7-10-15)18-12-11-17(22)13-19(18)25(23,24)20(16)2/h5-7,9-13,16,22H,3-4,8,14H2,1-2H3. The molecule has 2 aromatic rings. The summed E-state index contributed by atoms with van der Waals surface area (Å²) < 4.78 is 27.7. The van der Waals surface area contributed by atoms with Gasteiger partial charge in [-0.25, -0.2) is 8.42 Å². The Labute approximate surface area is 149 Å². The normalized spacial score (nSPS) is 20.1. The largest absolute Gasteiger partial charge is 0.508 e. The zero-order valence-electron chi connectivity index (χ0n) is 14.6. The van der Waals surface area contributed by atoms with Crippen LogP contribution in [-0.2, 0) is 10.0 Å². The Bertz CT molecular complexity index is 837. The van der Waals surface area contributed by atoms with Crippen LogP contribution in [0, 0.1) is 0 Å². The second-order valence-electron chi connectivity index (χ2n) is 6.42. The van der Waals surface area contributed by atoms with Crippen molar-refractivity contribution < 1.29 is 13.5 Å². The number of aromatic hydroxyl groups is 1. The highest BCUT2D eigenvalue weighted by atomic mass is 32.2. The van der Waals surface area contributed by atoms with Gasteiger partial charge in [-0.05, 0) is 30.7 Å². The summed E-state index contributed by atoms with van der Waals surface area (Å²) in [5.74, 6) is -0.0456. The average Bonchev–Trinajstić information content (AvgIpc) is 2.69. The third-order valence-electron chi connectivity index (χ3n) is 4.76. The molecule has 2 aromatic carbocycles. The number of likely N-dealkylation sites (N-methyl/N-ethyl adjacent to an activating group) is 1. The van der Waals surface area contributed by atoms with Crippen molar-refractivity contribution in [1.82, 2.24) is 4.31 Å². The molecule has 1 atom stereocenters. The summed E-state index contributed by atoms with van der Waals surface area (Å²) in [7, 11) is -2.03. The van der Waals surface area contributed by atoms with Gasteiger partial charge in [0, 0.05) is 31.4 Å². The van der Waals surface area contributed by atoms with Gasteiger partial charge in [0.25, 0.3) is 0 Å². The van der Waals surface area contributed by atoms with E-state index < -0.39 is 10.0 Å². The van der Waals surface area contributed by atoms with E-state index in [1.165, 1.54) is 16.4 Å². The molecule has 3 rings (SSSR count). The van der Waals surface area contributed by atoms with Gasteiger partial charge < -0.3 is 10.0 Å². The van der Waals surface area contributed by atoms with Gasteiger partial charge in [0.15, 0.2) is 0 Å². The van der Waals surface area contributed by atoms with Gasteiger partial charge in [0.1, 0.15) is 10.6 Å². The molecule has 0 saturated heterocycles. The Morgan fingerprint density at radius 1 is 1.16 bits per heavy atom. The van der Waals surface area contributed by atoms with Crippen LogP contribution in [0.3, 0.4) is 0 Å². The Morgan fingerprint density at radius 2 is 1.88 bits per heavy atom. The van der Waals surface area contributed by atoms with Gasteiger partial charge in [-0.15, -0.1) is 0 Å². The van der Waals surface area contributed by atoms with Crippen molar-refractivity contribution in [3.05, 3.63) is 48.5 Å². The van der Waals surface area contributed by atoms with Crippen molar-refractivity contribution in [2.45, 2.75) is 37.1 Å². The predicted molar refractivity (Wildman–Crippen MR) is 99.8 cm³/mol. The Balaban J connectivity index is 2.17.